The van der Waals surface area contributed by atoms with Crippen molar-refractivity contribution in [2.75, 3.05) is 0 Å². The van der Waals surface area contributed by atoms with Crippen LogP contribution in [0.5, 0.6) is 0 Å². The van der Waals surface area contributed by atoms with Gasteiger partial charge in [0, 0.05) is 5.54 Å². The van der Waals surface area contributed by atoms with Crippen LogP contribution in [0.15, 0.2) is 24.3 Å². The number of alkyl halides is 3. The van der Waals surface area contributed by atoms with E-state index >= 15 is 0 Å². The molecule has 0 atom stereocenters. The summed E-state index contributed by atoms with van der Waals surface area (Å²) in [7, 11) is 0. The summed E-state index contributed by atoms with van der Waals surface area (Å²) in [6.07, 6.45) is -0.837. The zero-order valence-corrected chi connectivity index (χ0v) is 10.1. The number of hydrogen-bond acceptors (Lipinski definition) is 1. The molecule has 0 saturated heterocycles. The zero-order valence-electron chi connectivity index (χ0n) is 9.26. The van der Waals surface area contributed by atoms with Gasteiger partial charge in [-0.05, 0) is 37.3 Å². The van der Waals surface area contributed by atoms with E-state index in [0.717, 1.165) is 25.3 Å². The van der Waals surface area contributed by atoms with Crippen molar-refractivity contribution in [2.24, 2.45) is 5.73 Å². The SMILES string of the molecule is Cl.NC1(Cc2cccc(C(F)(F)F)c2)CCC1. The van der Waals surface area contributed by atoms with E-state index in [1.807, 2.05) is 0 Å². The van der Waals surface area contributed by atoms with Crippen molar-refractivity contribution in [1.82, 2.24) is 0 Å². The molecule has 0 aliphatic heterocycles. The molecule has 1 fully saturated rings. The summed E-state index contributed by atoms with van der Waals surface area (Å²) in [6.45, 7) is 0. The minimum absolute atomic E-state index is 0. The van der Waals surface area contributed by atoms with Crippen LogP contribution in [0.1, 0.15) is 30.4 Å². The van der Waals surface area contributed by atoms with E-state index in [2.05, 4.69) is 0 Å². The highest BCUT2D eigenvalue weighted by Gasteiger charge is 2.34. The van der Waals surface area contributed by atoms with Crippen molar-refractivity contribution in [1.29, 1.82) is 0 Å². The summed E-state index contributed by atoms with van der Waals surface area (Å²) < 4.78 is 37.4. The topological polar surface area (TPSA) is 26.0 Å². The lowest BCUT2D eigenvalue weighted by atomic mass is 9.73. The fourth-order valence-corrected chi connectivity index (χ4v) is 2.07. The molecule has 5 heteroatoms. The van der Waals surface area contributed by atoms with Crippen LogP contribution in [-0.2, 0) is 12.6 Å². The van der Waals surface area contributed by atoms with Crippen molar-refractivity contribution in [3.8, 4) is 0 Å². The summed E-state index contributed by atoms with van der Waals surface area (Å²) in [5, 5.41) is 0. The Labute approximate surface area is 105 Å². The maximum absolute atomic E-state index is 12.5. The number of hydrogen-bond donors (Lipinski definition) is 1. The first-order valence-corrected chi connectivity index (χ1v) is 5.34. The number of benzene rings is 1. The van der Waals surface area contributed by atoms with Crippen molar-refractivity contribution in [3.05, 3.63) is 35.4 Å². The molecule has 0 bridgehead atoms. The third-order valence-electron chi connectivity index (χ3n) is 3.16. The molecule has 96 valence electrons. The average Bonchev–Trinajstić information content (AvgIpc) is 2.14. The molecule has 0 heterocycles. The fraction of sp³-hybridized carbons (Fsp3) is 0.500. The molecule has 0 aromatic heterocycles. The van der Waals surface area contributed by atoms with Crippen LogP contribution in [0.3, 0.4) is 0 Å². The lowest BCUT2D eigenvalue weighted by Gasteiger charge is -2.38. The average molecular weight is 266 g/mol. The van der Waals surface area contributed by atoms with Crippen molar-refractivity contribution in [2.45, 2.75) is 37.4 Å². The molecule has 2 rings (SSSR count). The first-order valence-electron chi connectivity index (χ1n) is 5.34. The molecule has 1 aromatic carbocycles. The number of rotatable bonds is 2. The molecule has 2 N–H and O–H groups in total. The molecule has 0 amide bonds. The van der Waals surface area contributed by atoms with Gasteiger partial charge in [-0.25, -0.2) is 0 Å². The smallest absolute Gasteiger partial charge is 0.325 e. The molecule has 1 saturated carbocycles. The van der Waals surface area contributed by atoms with Crippen LogP contribution in [0, 0.1) is 0 Å². The molecule has 0 unspecified atom stereocenters. The number of nitrogens with two attached hydrogens (primary N) is 1. The first-order chi connectivity index (χ1) is 7.39. The van der Waals surface area contributed by atoms with Crippen LogP contribution in [-0.4, -0.2) is 5.54 Å². The Morgan fingerprint density at radius 2 is 1.88 bits per heavy atom. The Hall–Kier alpha value is -0.740. The Morgan fingerprint density at radius 3 is 2.35 bits per heavy atom. The lowest BCUT2D eigenvalue weighted by molar-refractivity contribution is -0.137. The van der Waals surface area contributed by atoms with Crippen LogP contribution >= 0.6 is 12.4 Å². The minimum atomic E-state index is -4.27. The lowest BCUT2D eigenvalue weighted by Crippen LogP contribution is -2.48. The van der Waals surface area contributed by atoms with Crippen LogP contribution in [0.2, 0.25) is 0 Å². The van der Waals surface area contributed by atoms with Gasteiger partial charge in [-0.15, -0.1) is 12.4 Å². The third kappa shape index (κ3) is 3.36. The molecule has 1 aliphatic carbocycles. The Morgan fingerprint density at radius 1 is 1.24 bits per heavy atom. The molecule has 0 radical (unpaired) electrons. The molecular weight excluding hydrogens is 251 g/mol. The van der Waals surface area contributed by atoms with E-state index in [9.17, 15) is 13.2 Å². The second-order valence-electron chi connectivity index (χ2n) is 4.59. The Kier molecular flexibility index (Phi) is 4.10. The first kappa shape index (κ1) is 14.3. The second kappa shape index (κ2) is 4.86. The van der Waals surface area contributed by atoms with Crippen molar-refractivity contribution < 1.29 is 13.2 Å². The molecule has 1 aliphatic rings. The van der Waals surface area contributed by atoms with Gasteiger partial charge in [-0.1, -0.05) is 18.2 Å². The van der Waals surface area contributed by atoms with Gasteiger partial charge in [0.15, 0.2) is 0 Å². The standard InChI is InChI=1S/C12H14F3N.ClH/c13-12(14,15)10-4-1-3-9(7-10)8-11(16)5-2-6-11;/h1,3-4,7H,2,5-6,8,16H2;1H. The Bertz CT molecular complexity index is 386. The monoisotopic (exact) mass is 265 g/mol. The maximum Gasteiger partial charge on any atom is 0.416 e. The number of halogens is 4. The molecular formula is C12H15ClF3N. The quantitative estimate of drug-likeness (QED) is 0.869. The minimum Gasteiger partial charge on any atom is -0.325 e. The highest BCUT2D eigenvalue weighted by Crippen LogP contribution is 2.34. The van der Waals surface area contributed by atoms with Crippen LogP contribution < -0.4 is 5.73 Å². The van der Waals surface area contributed by atoms with Gasteiger partial charge < -0.3 is 5.73 Å². The highest BCUT2D eigenvalue weighted by atomic mass is 35.5. The predicted octanol–water partition coefficient (Wildman–Crippen LogP) is 3.55. The van der Waals surface area contributed by atoms with Gasteiger partial charge in [0.2, 0.25) is 0 Å². The summed E-state index contributed by atoms with van der Waals surface area (Å²) in [6, 6.07) is 5.45. The van der Waals surface area contributed by atoms with Gasteiger partial charge in [-0.2, -0.15) is 13.2 Å². The van der Waals surface area contributed by atoms with Gasteiger partial charge in [0.05, 0.1) is 5.56 Å². The summed E-state index contributed by atoms with van der Waals surface area (Å²) in [5.41, 5.74) is 5.83. The molecule has 1 aromatic rings. The molecule has 17 heavy (non-hydrogen) atoms. The van der Waals surface area contributed by atoms with E-state index < -0.39 is 11.7 Å². The third-order valence-corrected chi connectivity index (χ3v) is 3.16. The van der Waals surface area contributed by atoms with Crippen LogP contribution in [0.25, 0.3) is 0 Å². The van der Waals surface area contributed by atoms with E-state index in [-0.39, 0.29) is 17.9 Å². The van der Waals surface area contributed by atoms with Gasteiger partial charge in [-0.3, -0.25) is 0 Å². The van der Waals surface area contributed by atoms with Crippen molar-refractivity contribution in [3.63, 3.8) is 0 Å². The summed E-state index contributed by atoms with van der Waals surface area (Å²) in [4.78, 5) is 0. The van der Waals surface area contributed by atoms with E-state index in [0.29, 0.717) is 12.0 Å². The summed E-state index contributed by atoms with van der Waals surface area (Å²) >= 11 is 0. The highest BCUT2D eigenvalue weighted by molar-refractivity contribution is 5.85. The van der Waals surface area contributed by atoms with E-state index in [4.69, 9.17) is 5.73 Å². The zero-order chi connectivity index (χ0) is 11.8. The largest absolute Gasteiger partial charge is 0.416 e. The Balaban J connectivity index is 0.00000144. The fourth-order valence-electron chi connectivity index (χ4n) is 2.07. The van der Waals surface area contributed by atoms with Gasteiger partial charge in [0.25, 0.3) is 0 Å². The summed E-state index contributed by atoms with van der Waals surface area (Å²) in [5.74, 6) is 0. The molecule has 1 nitrogen and oxygen atoms in total. The van der Waals surface area contributed by atoms with Crippen molar-refractivity contribution >= 4 is 12.4 Å². The van der Waals surface area contributed by atoms with Gasteiger partial charge in [0.1, 0.15) is 0 Å². The second-order valence-corrected chi connectivity index (χ2v) is 4.59. The van der Waals surface area contributed by atoms with Crippen LogP contribution in [0.4, 0.5) is 13.2 Å². The van der Waals surface area contributed by atoms with E-state index in [1.165, 1.54) is 12.1 Å². The maximum atomic E-state index is 12.5. The molecule has 0 spiro atoms. The normalized spacial score (nSPS) is 18.1. The predicted molar refractivity (Wildman–Crippen MR) is 63.2 cm³/mol. The van der Waals surface area contributed by atoms with Gasteiger partial charge >= 0.3 is 6.18 Å². The van der Waals surface area contributed by atoms with E-state index in [1.54, 1.807) is 6.07 Å².